The second-order valence-electron chi connectivity index (χ2n) is 6.38. The Kier molecular flexibility index (Phi) is 6.29. The Morgan fingerprint density at radius 2 is 1.89 bits per heavy atom. The number of nitrogens with zero attached hydrogens (tertiary/aromatic N) is 2. The first-order valence-corrected chi connectivity index (χ1v) is 11.4. The summed E-state index contributed by atoms with van der Waals surface area (Å²) in [6, 6.07) is 12.7. The van der Waals surface area contributed by atoms with E-state index in [4.69, 9.17) is 12.2 Å². The molecule has 0 spiro atoms. The van der Waals surface area contributed by atoms with Gasteiger partial charge in [0.1, 0.15) is 0 Å². The quantitative estimate of drug-likeness (QED) is 0.578. The highest BCUT2D eigenvalue weighted by atomic mass is 32.2. The van der Waals surface area contributed by atoms with Crippen molar-refractivity contribution in [2.24, 2.45) is 0 Å². The van der Waals surface area contributed by atoms with E-state index in [1.54, 1.807) is 35.6 Å². The normalized spacial score (nSPS) is 11.7. The van der Waals surface area contributed by atoms with Crippen molar-refractivity contribution < 1.29 is 8.42 Å². The third kappa shape index (κ3) is 4.67. The van der Waals surface area contributed by atoms with Crippen LogP contribution in [-0.2, 0) is 23.0 Å². The van der Waals surface area contributed by atoms with Crippen LogP contribution in [0.2, 0.25) is 0 Å². The number of hydrogen-bond donors (Lipinski definition) is 2. The van der Waals surface area contributed by atoms with Crippen molar-refractivity contribution in [3.8, 4) is 0 Å². The van der Waals surface area contributed by atoms with Crippen LogP contribution >= 0.6 is 23.6 Å². The second-order valence-corrected chi connectivity index (χ2v) is 10.1. The van der Waals surface area contributed by atoms with Gasteiger partial charge in [-0.3, -0.25) is 0 Å². The third-order valence-corrected chi connectivity index (χ3v) is 7.39. The molecule has 0 fully saturated rings. The molecule has 0 aliphatic carbocycles. The number of rotatable bonds is 6. The first-order chi connectivity index (χ1) is 13.3. The van der Waals surface area contributed by atoms with Crippen molar-refractivity contribution in [3.05, 3.63) is 53.0 Å². The van der Waals surface area contributed by atoms with Crippen LogP contribution in [0.15, 0.2) is 47.4 Å². The van der Waals surface area contributed by atoms with E-state index >= 15 is 0 Å². The van der Waals surface area contributed by atoms with Crippen LogP contribution in [-0.4, -0.2) is 36.9 Å². The van der Waals surface area contributed by atoms with E-state index in [1.807, 2.05) is 18.2 Å². The second kappa shape index (κ2) is 8.52. The third-order valence-electron chi connectivity index (χ3n) is 4.15. The summed E-state index contributed by atoms with van der Waals surface area (Å²) in [5.74, 6) is 0. The number of aromatic nitrogens is 1. The van der Waals surface area contributed by atoms with Crippen LogP contribution in [0, 0.1) is 0 Å². The molecule has 0 aliphatic heterocycles. The molecular weight excluding hydrogens is 412 g/mol. The SMILES string of the molecule is CCc1nc2ccc(NC(=S)NCc3ccc(S(=O)(=O)N(C)C)cc3)cc2s1. The predicted molar refractivity (Wildman–Crippen MR) is 119 cm³/mol. The molecule has 28 heavy (non-hydrogen) atoms. The number of thiocarbonyl (C=S) groups is 1. The average Bonchev–Trinajstić information content (AvgIpc) is 3.09. The van der Waals surface area contributed by atoms with E-state index in [-0.39, 0.29) is 4.90 Å². The first-order valence-electron chi connectivity index (χ1n) is 8.75. The molecule has 0 saturated heterocycles. The number of aryl methyl sites for hydroxylation is 1. The molecule has 148 valence electrons. The maximum atomic E-state index is 12.1. The summed E-state index contributed by atoms with van der Waals surface area (Å²) in [6.45, 7) is 2.59. The van der Waals surface area contributed by atoms with Crippen molar-refractivity contribution >= 4 is 54.6 Å². The Morgan fingerprint density at radius 3 is 2.54 bits per heavy atom. The molecule has 3 aromatic rings. The largest absolute Gasteiger partial charge is 0.358 e. The molecule has 0 atom stereocenters. The van der Waals surface area contributed by atoms with Gasteiger partial charge in [0.15, 0.2) is 5.11 Å². The van der Waals surface area contributed by atoms with Gasteiger partial charge in [-0.2, -0.15) is 0 Å². The summed E-state index contributed by atoms with van der Waals surface area (Å²) in [6.07, 6.45) is 0.927. The summed E-state index contributed by atoms with van der Waals surface area (Å²) in [7, 11) is -0.382. The molecule has 0 unspecified atom stereocenters. The fourth-order valence-corrected chi connectivity index (χ4v) is 4.59. The summed E-state index contributed by atoms with van der Waals surface area (Å²) in [5.41, 5.74) is 2.84. The number of hydrogen-bond acceptors (Lipinski definition) is 5. The van der Waals surface area contributed by atoms with E-state index in [9.17, 15) is 8.42 Å². The molecule has 6 nitrogen and oxygen atoms in total. The van der Waals surface area contributed by atoms with E-state index in [1.165, 1.54) is 18.4 Å². The first kappa shape index (κ1) is 20.7. The highest BCUT2D eigenvalue weighted by molar-refractivity contribution is 7.89. The van der Waals surface area contributed by atoms with Crippen LogP contribution in [0.3, 0.4) is 0 Å². The van der Waals surface area contributed by atoms with Crippen molar-refractivity contribution in [1.82, 2.24) is 14.6 Å². The number of fused-ring (bicyclic) bond motifs is 1. The molecule has 0 bridgehead atoms. The number of nitrogens with one attached hydrogen (secondary N) is 2. The van der Waals surface area contributed by atoms with Crippen LogP contribution < -0.4 is 10.6 Å². The van der Waals surface area contributed by atoms with Gasteiger partial charge in [0, 0.05) is 26.3 Å². The zero-order chi connectivity index (χ0) is 20.3. The highest BCUT2D eigenvalue weighted by Gasteiger charge is 2.16. The maximum Gasteiger partial charge on any atom is 0.242 e. The molecular formula is C19H22N4O2S3. The molecule has 0 amide bonds. The molecule has 0 radical (unpaired) electrons. The molecule has 0 aliphatic rings. The Bertz CT molecular complexity index is 1090. The minimum atomic E-state index is -3.41. The van der Waals surface area contributed by atoms with Crippen molar-refractivity contribution in [1.29, 1.82) is 0 Å². The lowest BCUT2D eigenvalue weighted by molar-refractivity contribution is 0.520. The van der Waals surface area contributed by atoms with E-state index < -0.39 is 10.0 Å². The van der Waals surface area contributed by atoms with Gasteiger partial charge in [0.05, 0.1) is 20.1 Å². The molecule has 0 saturated carbocycles. The van der Waals surface area contributed by atoms with E-state index in [0.29, 0.717) is 11.7 Å². The summed E-state index contributed by atoms with van der Waals surface area (Å²) >= 11 is 7.05. The maximum absolute atomic E-state index is 12.1. The van der Waals surface area contributed by atoms with Crippen LogP contribution in [0.1, 0.15) is 17.5 Å². The van der Waals surface area contributed by atoms with E-state index in [2.05, 4.69) is 22.5 Å². The minimum Gasteiger partial charge on any atom is -0.358 e. The van der Waals surface area contributed by atoms with Gasteiger partial charge in [-0.15, -0.1) is 11.3 Å². The smallest absolute Gasteiger partial charge is 0.242 e. The van der Waals surface area contributed by atoms with Crippen molar-refractivity contribution in [2.75, 3.05) is 19.4 Å². The van der Waals surface area contributed by atoms with Gasteiger partial charge in [-0.1, -0.05) is 19.1 Å². The number of thiazole rings is 1. The standard InChI is InChI=1S/C19H22N4O2S3/c1-4-18-22-16-10-7-14(11-17(16)27-18)21-19(26)20-12-13-5-8-15(9-6-13)28(24,25)23(2)3/h5-11H,4,12H2,1-3H3,(H2,20,21,26). The van der Waals surface area contributed by atoms with Crippen molar-refractivity contribution in [2.45, 2.75) is 24.8 Å². The Balaban J connectivity index is 1.60. The van der Waals surface area contributed by atoms with Gasteiger partial charge in [-0.25, -0.2) is 17.7 Å². The zero-order valence-electron chi connectivity index (χ0n) is 15.9. The van der Waals surface area contributed by atoms with Gasteiger partial charge >= 0.3 is 0 Å². The number of anilines is 1. The predicted octanol–water partition coefficient (Wildman–Crippen LogP) is 3.60. The van der Waals surface area contributed by atoms with Gasteiger partial charge < -0.3 is 10.6 Å². The van der Waals surface area contributed by atoms with Crippen LogP contribution in [0.4, 0.5) is 5.69 Å². The summed E-state index contributed by atoms with van der Waals surface area (Å²) < 4.78 is 26.5. The number of sulfonamides is 1. The lowest BCUT2D eigenvalue weighted by Crippen LogP contribution is -2.28. The Hall–Kier alpha value is -2.07. The monoisotopic (exact) mass is 434 g/mol. The topological polar surface area (TPSA) is 74.3 Å². The summed E-state index contributed by atoms with van der Waals surface area (Å²) in [5, 5.41) is 7.94. The van der Waals surface area contributed by atoms with Crippen molar-refractivity contribution in [3.63, 3.8) is 0 Å². The van der Waals surface area contributed by atoms with Gasteiger partial charge in [0.25, 0.3) is 0 Å². The Morgan fingerprint density at radius 1 is 1.18 bits per heavy atom. The highest BCUT2D eigenvalue weighted by Crippen LogP contribution is 2.25. The molecule has 2 aromatic carbocycles. The zero-order valence-corrected chi connectivity index (χ0v) is 18.3. The van der Waals surface area contributed by atoms with E-state index in [0.717, 1.165) is 32.9 Å². The minimum absolute atomic E-state index is 0.270. The number of benzene rings is 2. The lowest BCUT2D eigenvalue weighted by Gasteiger charge is -2.13. The lowest BCUT2D eigenvalue weighted by atomic mass is 10.2. The summed E-state index contributed by atoms with van der Waals surface area (Å²) in [4.78, 5) is 4.83. The molecule has 9 heteroatoms. The fourth-order valence-electron chi connectivity index (χ4n) is 2.55. The van der Waals surface area contributed by atoms with Gasteiger partial charge in [-0.05, 0) is 54.5 Å². The average molecular weight is 435 g/mol. The van der Waals surface area contributed by atoms with Crippen LogP contribution in [0.5, 0.6) is 0 Å². The Labute approximate surface area is 174 Å². The molecule has 1 aromatic heterocycles. The van der Waals surface area contributed by atoms with Crippen LogP contribution in [0.25, 0.3) is 10.2 Å². The fraction of sp³-hybridized carbons (Fsp3) is 0.263. The molecule has 1 heterocycles. The molecule has 2 N–H and O–H groups in total. The molecule has 3 rings (SSSR count). The van der Waals surface area contributed by atoms with Gasteiger partial charge in [0.2, 0.25) is 10.0 Å².